The average molecular weight is 633 g/mol. The molecule has 1 saturated carbocycles. The van der Waals surface area contributed by atoms with Gasteiger partial charge in [0.25, 0.3) is 0 Å². The molecule has 0 bridgehead atoms. The van der Waals surface area contributed by atoms with Gasteiger partial charge in [0, 0.05) is 36.3 Å². The zero-order valence-corrected chi connectivity index (χ0v) is 28.2. The number of rotatable bonds is 11. The highest BCUT2D eigenvalue weighted by molar-refractivity contribution is 5.88. The van der Waals surface area contributed by atoms with Crippen LogP contribution in [0, 0.1) is 18.2 Å². The van der Waals surface area contributed by atoms with Gasteiger partial charge in [-0.15, -0.1) is 0 Å². The largest absolute Gasteiger partial charge is 0.493 e. The SMILES string of the molecule is Cc1nc(CO)c(-c2ccc(OCCc3ccc(F)cc3)cc2)c(N2CCC3(CCC3)CC2)c1C(OC(C)(C)C)C(=O)OC(C)C. The first kappa shape index (κ1) is 33.9. The van der Waals surface area contributed by atoms with Crippen LogP contribution >= 0.6 is 0 Å². The lowest BCUT2D eigenvalue weighted by atomic mass is 9.63. The van der Waals surface area contributed by atoms with Gasteiger partial charge in [-0.1, -0.05) is 30.7 Å². The van der Waals surface area contributed by atoms with Gasteiger partial charge in [0.15, 0.2) is 6.10 Å². The molecule has 1 aliphatic carbocycles. The highest BCUT2D eigenvalue weighted by Crippen LogP contribution is 2.51. The van der Waals surface area contributed by atoms with Gasteiger partial charge in [-0.3, -0.25) is 4.98 Å². The lowest BCUT2D eigenvalue weighted by Crippen LogP contribution is -2.44. The van der Waals surface area contributed by atoms with Gasteiger partial charge in [-0.2, -0.15) is 0 Å². The van der Waals surface area contributed by atoms with Crippen molar-refractivity contribution in [2.75, 3.05) is 24.6 Å². The number of aliphatic hydroxyl groups is 1. The van der Waals surface area contributed by atoms with E-state index >= 15 is 0 Å². The van der Waals surface area contributed by atoms with Crippen molar-refractivity contribution in [3.63, 3.8) is 0 Å². The van der Waals surface area contributed by atoms with Gasteiger partial charge in [0.05, 0.1) is 36.3 Å². The Kier molecular flexibility index (Phi) is 10.4. The molecule has 0 amide bonds. The van der Waals surface area contributed by atoms with Gasteiger partial charge in [0.2, 0.25) is 0 Å². The number of benzene rings is 2. The molecular weight excluding hydrogens is 583 g/mol. The summed E-state index contributed by atoms with van der Waals surface area (Å²) < 4.78 is 31.6. The summed E-state index contributed by atoms with van der Waals surface area (Å²) in [5, 5.41) is 10.6. The number of aryl methyl sites for hydroxylation is 1. The van der Waals surface area contributed by atoms with Gasteiger partial charge in [-0.05, 0) is 108 Å². The predicted octanol–water partition coefficient (Wildman–Crippen LogP) is 7.89. The van der Waals surface area contributed by atoms with E-state index in [4.69, 9.17) is 19.2 Å². The zero-order valence-electron chi connectivity index (χ0n) is 28.2. The number of pyridine rings is 1. The maximum absolute atomic E-state index is 13.8. The number of hydrogen-bond donors (Lipinski definition) is 1. The second kappa shape index (κ2) is 14.1. The van der Waals surface area contributed by atoms with E-state index in [9.17, 15) is 14.3 Å². The number of aliphatic hydroxyl groups excluding tert-OH is 1. The summed E-state index contributed by atoms with van der Waals surface area (Å²) >= 11 is 0. The molecule has 46 heavy (non-hydrogen) atoms. The van der Waals surface area contributed by atoms with E-state index in [1.165, 1.54) is 31.4 Å². The van der Waals surface area contributed by atoms with Crippen LogP contribution in [0.2, 0.25) is 0 Å². The third-order valence-corrected chi connectivity index (χ3v) is 9.19. The van der Waals surface area contributed by atoms with Gasteiger partial charge in [0.1, 0.15) is 11.6 Å². The second-order valence-electron chi connectivity index (χ2n) is 14.1. The molecule has 1 aromatic heterocycles. The lowest BCUT2D eigenvalue weighted by molar-refractivity contribution is -0.171. The van der Waals surface area contributed by atoms with Crippen molar-refractivity contribution in [1.29, 1.82) is 0 Å². The molecule has 5 rings (SSSR count). The summed E-state index contributed by atoms with van der Waals surface area (Å²) in [4.78, 5) is 21.0. The topological polar surface area (TPSA) is 81.1 Å². The molecule has 2 aromatic carbocycles. The third kappa shape index (κ3) is 7.89. The molecule has 2 heterocycles. The number of halogens is 1. The maximum atomic E-state index is 13.8. The summed E-state index contributed by atoms with van der Waals surface area (Å²) in [5.74, 6) is 0.00424. The fourth-order valence-electron chi connectivity index (χ4n) is 6.73. The van der Waals surface area contributed by atoms with Gasteiger partial charge < -0.3 is 24.2 Å². The Morgan fingerprint density at radius 3 is 2.22 bits per heavy atom. The summed E-state index contributed by atoms with van der Waals surface area (Å²) in [6.45, 7) is 13.3. The van der Waals surface area contributed by atoms with Crippen molar-refractivity contribution < 1.29 is 28.5 Å². The number of aromatic nitrogens is 1. The van der Waals surface area contributed by atoms with Gasteiger partial charge in [-0.25, -0.2) is 9.18 Å². The van der Waals surface area contributed by atoms with E-state index in [0.29, 0.717) is 41.1 Å². The fourth-order valence-corrected chi connectivity index (χ4v) is 6.73. The van der Waals surface area contributed by atoms with Crippen molar-refractivity contribution >= 4 is 11.7 Å². The Bertz CT molecular complexity index is 1480. The zero-order chi connectivity index (χ0) is 33.1. The van der Waals surface area contributed by atoms with Crippen LogP contribution in [0.3, 0.4) is 0 Å². The van der Waals surface area contributed by atoms with Gasteiger partial charge >= 0.3 is 5.97 Å². The summed E-state index contributed by atoms with van der Waals surface area (Å²) in [7, 11) is 0. The molecule has 3 aromatic rings. The number of carbonyl (C=O) groups is 1. The molecular formula is C38H49FN2O5. The lowest BCUT2D eigenvalue weighted by Gasteiger charge is -2.49. The van der Waals surface area contributed by atoms with E-state index in [-0.39, 0.29) is 18.5 Å². The minimum Gasteiger partial charge on any atom is -0.493 e. The number of anilines is 1. The molecule has 2 aliphatic rings. The van der Waals surface area contributed by atoms with Crippen molar-refractivity contribution in [1.82, 2.24) is 4.98 Å². The van der Waals surface area contributed by atoms with Crippen LogP contribution in [0.1, 0.15) is 95.3 Å². The van der Waals surface area contributed by atoms with E-state index < -0.39 is 17.7 Å². The first-order chi connectivity index (χ1) is 21.9. The average Bonchev–Trinajstić information content (AvgIpc) is 2.99. The Morgan fingerprint density at radius 2 is 1.67 bits per heavy atom. The van der Waals surface area contributed by atoms with E-state index in [2.05, 4.69) is 4.90 Å². The van der Waals surface area contributed by atoms with Crippen LogP contribution in [0.5, 0.6) is 5.75 Å². The highest BCUT2D eigenvalue weighted by Gasteiger charge is 2.42. The fraction of sp³-hybridized carbons (Fsp3) is 0.526. The predicted molar refractivity (Wildman–Crippen MR) is 178 cm³/mol. The highest BCUT2D eigenvalue weighted by atomic mass is 19.1. The Hall–Kier alpha value is -3.49. The van der Waals surface area contributed by atoms with E-state index in [1.807, 2.05) is 65.8 Å². The Morgan fingerprint density at radius 1 is 1.02 bits per heavy atom. The molecule has 1 atom stereocenters. The third-order valence-electron chi connectivity index (χ3n) is 9.19. The standard InChI is InChI=1S/C38H49FN2O5/c1-25(2)45-36(43)35(46-37(4,5)6)32-26(3)40-31(24-42)33(34(32)41-21-19-38(20-22-41)17-7-18-38)28-10-14-30(15-11-28)44-23-16-27-8-12-29(39)13-9-27/h8-15,25,35,42H,7,16-24H2,1-6H3. The number of hydrogen-bond acceptors (Lipinski definition) is 7. The van der Waals surface area contributed by atoms with Crippen LogP contribution in [-0.4, -0.2) is 47.5 Å². The Balaban J connectivity index is 1.55. The van der Waals surface area contributed by atoms with Crippen LogP contribution < -0.4 is 9.64 Å². The van der Waals surface area contributed by atoms with Crippen molar-refractivity contribution in [3.05, 3.63) is 76.9 Å². The molecule has 1 N–H and O–H groups in total. The summed E-state index contributed by atoms with van der Waals surface area (Å²) in [6, 6.07) is 14.2. The first-order valence-electron chi connectivity index (χ1n) is 16.6. The number of ether oxygens (including phenoxy) is 3. The minimum atomic E-state index is -0.995. The van der Waals surface area contributed by atoms with Crippen LogP contribution in [0.4, 0.5) is 10.1 Å². The quantitative estimate of drug-likeness (QED) is 0.215. The molecule has 1 unspecified atom stereocenters. The number of piperidine rings is 1. The Labute approximate surface area is 273 Å². The molecule has 1 aliphatic heterocycles. The number of esters is 1. The monoisotopic (exact) mass is 632 g/mol. The van der Waals surface area contributed by atoms with Crippen molar-refractivity contribution in [3.8, 4) is 16.9 Å². The minimum absolute atomic E-state index is 0.252. The first-order valence-corrected chi connectivity index (χ1v) is 16.6. The van der Waals surface area contributed by atoms with Crippen molar-refractivity contribution in [2.24, 2.45) is 5.41 Å². The second-order valence-corrected chi connectivity index (χ2v) is 14.1. The molecule has 2 fully saturated rings. The number of carbonyl (C=O) groups excluding carboxylic acids is 1. The van der Waals surface area contributed by atoms with Crippen LogP contribution in [-0.2, 0) is 27.3 Å². The number of nitrogens with zero attached hydrogens (tertiary/aromatic N) is 2. The molecule has 7 nitrogen and oxygen atoms in total. The molecule has 8 heteroatoms. The van der Waals surface area contributed by atoms with E-state index in [0.717, 1.165) is 48.3 Å². The van der Waals surface area contributed by atoms with Crippen LogP contribution in [0.25, 0.3) is 11.1 Å². The van der Waals surface area contributed by atoms with Crippen LogP contribution in [0.15, 0.2) is 48.5 Å². The summed E-state index contributed by atoms with van der Waals surface area (Å²) in [5.41, 5.74) is 5.22. The molecule has 1 spiro atoms. The van der Waals surface area contributed by atoms with E-state index in [1.54, 1.807) is 12.1 Å². The maximum Gasteiger partial charge on any atom is 0.340 e. The smallest absolute Gasteiger partial charge is 0.340 e. The normalized spacial score (nSPS) is 16.8. The van der Waals surface area contributed by atoms with Crippen molar-refractivity contribution in [2.45, 2.75) is 104 Å². The molecule has 248 valence electrons. The summed E-state index contributed by atoms with van der Waals surface area (Å²) in [6.07, 6.45) is 5.37. The molecule has 0 radical (unpaired) electrons. The molecule has 1 saturated heterocycles.